The number of rotatable bonds is 7. The van der Waals surface area contributed by atoms with Gasteiger partial charge in [-0.05, 0) is 51.1 Å². The fourth-order valence-corrected chi connectivity index (χ4v) is 4.78. The minimum atomic E-state index is -0.941. The van der Waals surface area contributed by atoms with Crippen LogP contribution >= 0.6 is 0 Å². The number of aromatic carboxylic acids is 1. The largest absolute Gasteiger partial charge is 0.478 e. The Morgan fingerprint density at radius 1 is 0.829 bits per heavy atom. The van der Waals surface area contributed by atoms with E-state index < -0.39 is 12.1 Å². The number of hydrogen-bond donors (Lipinski definition) is 2. The van der Waals surface area contributed by atoms with Gasteiger partial charge in [0.2, 0.25) is 0 Å². The molecule has 0 heterocycles. The van der Waals surface area contributed by atoms with Crippen molar-refractivity contribution in [1.82, 2.24) is 5.32 Å². The highest BCUT2D eigenvalue weighted by atomic mass is 16.5. The molecular weight excluding hydrogens is 438 g/mol. The molecule has 0 aliphatic heterocycles. The van der Waals surface area contributed by atoms with Crippen molar-refractivity contribution < 1.29 is 19.4 Å². The molecule has 5 nitrogen and oxygen atoms in total. The van der Waals surface area contributed by atoms with E-state index in [4.69, 9.17) is 4.74 Å². The molecule has 0 aromatic heterocycles. The second kappa shape index (κ2) is 9.85. The maximum atomic E-state index is 12.3. The molecule has 0 saturated carbocycles. The van der Waals surface area contributed by atoms with E-state index in [1.54, 1.807) is 12.1 Å². The second-order valence-corrected chi connectivity index (χ2v) is 8.50. The molecule has 0 unspecified atom stereocenters. The van der Waals surface area contributed by atoms with Gasteiger partial charge in [0.15, 0.2) is 0 Å². The van der Waals surface area contributed by atoms with Crippen molar-refractivity contribution in [2.24, 2.45) is 0 Å². The van der Waals surface area contributed by atoms with Crippen LogP contribution in [0.5, 0.6) is 0 Å². The topological polar surface area (TPSA) is 75.6 Å². The van der Waals surface area contributed by atoms with Crippen LogP contribution in [0.25, 0.3) is 28.0 Å². The SMILES string of the molecule is O=C(NCCC=Cc1cccc2c(C(=O)O)cccc12)OCC1c2ccccc2-c2ccccc21. The third-order valence-electron chi connectivity index (χ3n) is 6.41. The Morgan fingerprint density at radius 2 is 1.49 bits per heavy atom. The van der Waals surface area contributed by atoms with Crippen LogP contribution in [0.1, 0.15) is 39.4 Å². The van der Waals surface area contributed by atoms with Gasteiger partial charge in [-0.2, -0.15) is 0 Å². The third kappa shape index (κ3) is 4.53. The first-order chi connectivity index (χ1) is 17.1. The molecule has 1 aliphatic rings. The van der Waals surface area contributed by atoms with E-state index in [1.165, 1.54) is 22.3 Å². The first kappa shape index (κ1) is 22.4. The number of nitrogens with one attached hydrogen (secondary N) is 1. The lowest BCUT2D eigenvalue weighted by Crippen LogP contribution is -2.26. The standard InChI is InChI=1S/C30H25NO4/c32-29(33)27-17-8-15-21-20(10-7-16-22(21)27)9-5-6-18-31-30(34)35-19-28-25-13-3-1-11-23(25)24-12-2-4-14-26(24)28/h1-5,7-17,28H,6,18-19H2,(H,31,34)(H,32,33). The Kier molecular flexibility index (Phi) is 6.31. The number of fused-ring (bicyclic) bond motifs is 4. The zero-order valence-electron chi connectivity index (χ0n) is 19.1. The van der Waals surface area contributed by atoms with Crippen molar-refractivity contribution in [3.8, 4) is 11.1 Å². The minimum absolute atomic E-state index is 0.0371. The molecule has 1 aliphatic carbocycles. The first-order valence-electron chi connectivity index (χ1n) is 11.6. The summed E-state index contributed by atoms with van der Waals surface area (Å²) in [4.78, 5) is 23.8. The van der Waals surface area contributed by atoms with Gasteiger partial charge in [-0.25, -0.2) is 9.59 Å². The van der Waals surface area contributed by atoms with E-state index >= 15 is 0 Å². The van der Waals surface area contributed by atoms with E-state index in [1.807, 2.05) is 60.7 Å². The van der Waals surface area contributed by atoms with Gasteiger partial charge in [0.25, 0.3) is 0 Å². The molecule has 0 spiro atoms. The number of benzene rings is 4. The molecule has 1 amide bonds. The highest BCUT2D eigenvalue weighted by Gasteiger charge is 2.28. The predicted molar refractivity (Wildman–Crippen MR) is 138 cm³/mol. The molecule has 0 atom stereocenters. The van der Waals surface area contributed by atoms with Gasteiger partial charge in [0, 0.05) is 12.5 Å². The van der Waals surface area contributed by atoms with Crippen molar-refractivity contribution in [3.05, 3.63) is 113 Å². The van der Waals surface area contributed by atoms with E-state index in [2.05, 4.69) is 29.6 Å². The lowest BCUT2D eigenvalue weighted by Gasteiger charge is -2.14. The Bertz CT molecular complexity index is 1390. The van der Waals surface area contributed by atoms with Crippen LogP contribution in [0, 0.1) is 0 Å². The predicted octanol–water partition coefficient (Wildman–Crippen LogP) is 6.48. The van der Waals surface area contributed by atoms with Crippen molar-refractivity contribution in [2.45, 2.75) is 12.3 Å². The van der Waals surface area contributed by atoms with Gasteiger partial charge >= 0.3 is 12.1 Å². The molecule has 0 fully saturated rings. The Balaban J connectivity index is 1.16. The van der Waals surface area contributed by atoms with Crippen molar-refractivity contribution in [2.75, 3.05) is 13.2 Å². The van der Waals surface area contributed by atoms with Gasteiger partial charge in [-0.15, -0.1) is 0 Å². The number of carbonyl (C=O) groups is 2. The second-order valence-electron chi connectivity index (χ2n) is 8.50. The zero-order chi connectivity index (χ0) is 24.2. The van der Waals surface area contributed by atoms with E-state index in [0.717, 1.165) is 10.9 Å². The van der Waals surface area contributed by atoms with Crippen molar-refractivity contribution in [3.63, 3.8) is 0 Å². The van der Waals surface area contributed by atoms with Crippen molar-refractivity contribution >= 4 is 28.9 Å². The van der Waals surface area contributed by atoms with Gasteiger partial charge in [-0.3, -0.25) is 0 Å². The number of carbonyl (C=O) groups excluding carboxylic acids is 1. The number of carboxylic acids is 1. The lowest BCUT2D eigenvalue weighted by molar-refractivity contribution is 0.0699. The molecule has 5 heteroatoms. The van der Waals surface area contributed by atoms with Gasteiger partial charge in [-0.1, -0.05) is 91.0 Å². The number of hydrogen-bond acceptors (Lipinski definition) is 3. The smallest absolute Gasteiger partial charge is 0.407 e. The Labute approximate surface area is 203 Å². The number of amides is 1. The molecular formula is C30H25NO4. The molecule has 4 aromatic carbocycles. The van der Waals surface area contributed by atoms with Crippen LogP contribution in [-0.4, -0.2) is 30.3 Å². The van der Waals surface area contributed by atoms with E-state index in [0.29, 0.717) is 18.4 Å². The quantitative estimate of drug-likeness (QED) is 0.308. The van der Waals surface area contributed by atoms with Gasteiger partial charge < -0.3 is 15.2 Å². The fraction of sp³-hybridized carbons (Fsp3) is 0.133. The van der Waals surface area contributed by atoms with E-state index in [-0.39, 0.29) is 18.1 Å². The maximum Gasteiger partial charge on any atom is 0.407 e. The first-order valence-corrected chi connectivity index (χ1v) is 11.6. The summed E-state index contributed by atoms with van der Waals surface area (Å²) in [7, 11) is 0. The molecule has 174 valence electrons. The summed E-state index contributed by atoms with van der Waals surface area (Å²) in [5.74, 6) is -0.904. The van der Waals surface area contributed by atoms with E-state index in [9.17, 15) is 14.7 Å². The summed E-state index contributed by atoms with van der Waals surface area (Å²) in [6, 6.07) is 27.4. The van der Waals surface area contributed by atoms with Gasteiger partial charge in [0.05, 0.1) is 5.56 Å². The number of ether oxygens (including phenoxy) is 1. The molecule has 2 N–H and O–H groups in total. The summed E-state index contributed by atoms with van der Waals surface area (Å²) >= 11 is 0. The van der Waals surface area contributed by atoms with Crippen LogP contribution in [0.15, 0.2) is 91.0 Å². The average molecular weight is 464 g/mol. The lowest BCUT2D eigenvalue weighted by atomic mass is 9.98. The number of alkyl carbamates (subject to hydrolysis) is 1. The fourth-order valence-electron chi connectivity index (χ4n) is 4.78. The molecule has 0 bridgehead atoms. The highest BCUT2D eigenvalue weighted by Crippen LogP contribution is 2.44. The van der Waals surface area contributed by atoms with Crippen LogP contribution in [0.4, 0.5) is 4.79 Å². The van der Waals surface area contributed by atoms with Gasteiger partial charge in [0.1, 0.15) is 6.61 Å². The normalized spacial score (nSPS) is 12.5. The summed E-state index contributed by atoms with van der Waals surface area (Å²) in [5, 5.41) is 13.8. The van der Waals surface area contributed by atoms with Crippen molar-refractivity contribution in [1.29, 1.82) is 0 Å². The molecule has 5 rings (SSSR count). The maximum absolute atomic E-state index is 12.3. The van der Waals surface area contributed by atoms with Crippen LogP contribution in [-0.2, 0) is 4.74 Å². The molecule has 4 aromatic rings. The summed E-state index contributed by atoms with van der Waals surface area (Å²) in [6.07, 6.45) is 4.11. The van der Waals surface area contributed by atoms with Crippen LogP contribution < -0.4 is 5.32 Å². The minimum Gasteiger partial charge on any atom is -0.478 e. The highest BCUT2D eigenvalue weighted by molar-refractivity contribution is 6.05. The summed E-state index contributed by atoms with van der Waals surface area (Å²) in [5.41, 5.74) is 6.00. The molecule has 35 heavy (non-hydrogen) atoms. The van der Waals surface area contributed by atoms with Crippen LogP contribution in [0.3, 0.4) is 0 Å². The van der Waals surface area contributed by atoms with Crippen LogP contribution in [0.2, 0.25) is 0 Å². The zero-order valence-corrected chi connectivity index (χ0v) is 19.1. The summed E-state index contributed by atoms with van der Waals surface area (Å²) in [6.45, 7) is 0.732. The molecule has 0 saturated heterocycles. The third-order valence-corrected chi connectivity index (χ3v) is 6.41. The average Bonchev–Trinajstić information content (AvgIpc) is 3.20. The summed E-state index contributed by atoms with van der Waals surface area (Å²) < 4.78 is 5.57. The Hall–Kier alpha value is -4.38. The molecule has 0 radical (unpaired) electrons. The Morgan fingerprint density at radius 3 is 2.20 bits per heavy atom. The monoisotopic (exact) mass is 463 g/mol. The number of carboxylic acid groups (broad SMARTS) is 1.